The molecule has 4 fully saturated rings. The fraction of sp³-hybridized carbons (Fsp3) is 0.364. The van der Waals surface area contributed by atoms with Gasteiger partial charge in [-0.3, -0.25) is 0 Å². The van der Waals surface area contributed by atoms with Gasteiger partial charge in [0, 0.05) is 44.3 Å². The summed E-state index contributed by atoms with van der Waals surface area (Å²) < 4.78 is 2.59. The van der Waals surface area contributed by atoms with Crippen LogP contribution in [-0.4, -0.2) is 4.40 Å². The largest absolute Gasteiger partial charge is 0.310 e. The summed E-state index contributed by atoms with van der Waals surface area (Å²) in [6.45, 7) is 0. The van der Waals surface area contributed by atoms with Crippen LogP contribution in [0.2, 0.25) is 0 Å². The number of hydrogen-bond donors (Lipinski definition) is 0. The van der Waals surface area contributed by atoms with E-state index in [0.29, 0.717) is 23.7 Å². The van der Waals surface area contributed by atoms with Gasteiger partial charge in [0.05, 0.1) is 27.9 Å². The maximum atomic E-state index is 2.59. The van der Waals surface area contributed by atoms with Crippen LogP contribution in [0, 0.1) is 0 Å². The molecule has 4 aliphatic rings. The van der Waals surface area contributed by atoms with E-state index in [0.717, 1.165) is 0 Å². The molecule has 0 unspecified atom stereocenters. The third kappa shape index (κ3) is 7.89. The molecule has 3 heteroatoms. The highest BCUT2D eigenvalue weighted by Gasteiger charge is 2.28. The van der Waals surface area contributed by atoms with Gasteiger partial charge in [0.1, 0.15) is 0 Å². The summed E-state index contributed by atoms with van der Waals surface area (Å²) in [5.74, 6) is 2.71. The van der Waals surface area contributed by atoms with Gasteiger partial charge >= 0.3 is 0 Å². The van der Waals surface area contributed by atoms with Crippen LogP contribution in [0.25, 0.3) is 38.1 Å². The van der Waals surface area contributed by atoms with Crippen molar-refractivity contribution in [3.8, 4) is 0 Å². The maximum absolute atomic E-state index is 2.59. The van der Waals surface area contributed by atoms with Crippen molar-refractivity contribution < 1.29 is 0 Å². The molecule has 9 aromatic rings. The summed E-state index contributed by atoms with van der Waals surface area (Å²) in [4.78, 5) is 5.12. The van der Waals surface area contributed by atoms with E-state index in [1.54, 1.807) is 0 Å². The summed E-state index contributed by atoms with van der Waals surface area (Å²) in [5.41, 5.74) is 17.2. The van der Waals surface area contributed by atoms with Crippen molar-refractivity contribution in [3.05, 3.63) is 174 Å². The average molecular weight is 904 g/mol. The van der Waals surface area contributed by atoms with Crippen molar-refractivity contribution in [1.82, 2.24) is 4.40 Å². The molecule has 7 aromatic carbocycles. The van der Waals surface area contributed by atoms with E-state index in [4.69, 9.17) is 0 Å². The topological polar surface area (TPSA) is 10.9 Å². The minimum Gasteiger partial charge on any atom is -0.310 e. The van der Waals surface area contributed by atoms with E-state index in [9.17, 15) is 0 Å². The van der Waals surface area contributed by atoms with E-state index in [2.05, 4.69) is 166 Å². The van der Waals surface area contributed by atoms with Crippen molar-refractivity contribution in [2.45, 2.75) is 152 Å². The zero-order valence-corrected chi connectivity index (χ0v) is 40.7. The summed E-state index contributed by atoms with van der Waals surface area (Å²) in [7, 11) is 0. The lowest BCUT2D eigenvalue weighted by atomic mass is 9.84. The number of hydrogen-bond acceptors (Lipinski definition) is 2. The van der Waals surface area contributed by atoms with Gasteiger partial charge in [-0.05, 0) is 170 Å². The zero-order chi connectivity index (χ0) is 45.7. The Balaban J connectivity index is 0.963. The van der Waals surface area contributed by atoms with Crippen molar-refractivity contribution in [2.75, 3.05) is 9.80 Å². The molecule has 3 nitrogen and oxygen atoms in total. The number of fused-ring (bicyclic) bond motifs is 6. The SMILES string of the molecule is c1cc2c3c(N(c4ccc(C5CCCCC5)cc4)c4ccc(C5CCCCC5)cc4)cccc3n3c4cccc(N(c5ccc(C6CCCCC6)cc5)c5ccc(C6CCCCC6)cc5)c4c(c1)c23. The minimum absolute atomic E-state index is 0.677. The van der Waals surface area contributed by atoms with Gasteiger partial charge in [-0.1, -0.05) is 156 Å². The van der Waals surface area contributed by atoms with Gasteiger partial charge in [-0.15, -0.1) is 0 Å². The Morgan fingerprint density at radius 3 is 0.855 bits per heavy atom. The molecule has 0 saturated heterocycles. The maximum Gasteiger partial charge on any atom is 0.0622 e. The van der Waals surface area contributed by atoms with Crippen LogP contribution in [0.4, 0.5) is 34.1 Å². The Hall–Kier alpha value is -6.06. The van der Waals surface area contributed by atoms with Crippen LogP contribution >= 0.6 is 0 Å². The molecule has 0 bridgehead atoms. The molecule has 2 heterocycles. The first kappa shape index (κ1) is 43.0. The molecule has 0 N–H and O–H groups in total. The molecule has 0 spiro atoms. The molecular formula is C66H69N3. The number of para-hydroxylation sites is 1. The van der Waals surface area contributed by atoms with E-state index in [1.807, 2.05) is 0 Å². The Kier molecular flexibility index (Phi) is 11.6. The van der Waals surface area contributed by atoms with E-state index < -0.39 is 0 Å². The van der Waals surface area contributed by atoms with Crippen molar-refractivity contribution in [3.63, 3.8) is 0 Å². The Labute approximate surface area is 410 Å². The third-order valence-corrected chi connectivity index (χ3v) is 17.7. The number of anilines is 6. The predicted molar refractivity (Wildman–Crippen MR) is 294 cm³/mol. The van der Waals surface area contributed by atoms with Gasteiger partial charge in [0.25, 0.3) is 0 Å². The lowest BCUT2D eigenvalue weighted by Gasteiger charge is -2.29. The highest BCUT2D eigenvalue weighted by Crippen LogP contribution is 2.50. The monoisotopic (exact) mass is 904 g/mol. The van der Waals surface area contributed by atoms with Crippen LogP contribution in [0.15, 0.2) is 152 Å². The molecule has 0 atom stereocenters. The molecule has 348 valence electrons. The lowest BCUT2D eigenvalue weighted by molar-refractivity contribution is 0.443. The fourth-order valence-corrected chi connectivity index (χ4v) is 14.1. The van der Waals surface area contributed by atoms with Crippen LogP contribution in [0.1, 0.15) is 174 Å². The average Bonchev–Trinajstić information content (AvgIpc) is 3.97. The Morgan fingerprint density at radius 2 is 0.565 bits per heavy atom. The fourth-order valence-electron chi connectivity index (χ4n) is 14.1. The van der Waals surface area contributed by atoms with Crippen LogP contribution in [-0.2, 0) is 0 Å². The summed E-state index contributed by atoms with van der Waals surface area (Å²) in [6, 6.07) is 60.0. The van der Waals surface area contributed by atoms with Gasteiger partial charge in [-0.25, -0.2) is 0 Å². The second kappa shape index (κ2) is 18.7. The highest BCUT2D eigenvalue weighted by atomic mass is 15.2. The third-order valence-electron chi connectivity index (χ3n) is 17.7. The molecule has 69 heavy (non-hydrogen) atoms. The highest BCUT2D eigenvalue weighted by molar-refractivity contribution is 6.28. The summed E-state index contributed by atoms with van der Waals surface area (Å²) in [6.07, 6.45) is 26.8. The standard InChI is InChI=1S/C66H69N3/c1-5-16-46(17-6-1)50-30-38-54(39-31-50)67(55-40-32-51(33-41-55)47-18-7-2-8-19-47)60-26-14-28-62-64(60)58-24-13-25-59-65-61(27-15-29-63(65)69(62)66(58)59)68(56-42-34-52(35-43-56)48-20-9-3-10-21-48)57-44-36-53(37-45-57)49-22-11-4-12-23-49/h13-15,24-49H,1-12,16-23H2. The molecule has 0 aliphatic heterocycles. The molecule has 0 amide bonds. The van der Waals surface area contributed by atoms with Crippen molar-refractivity contribution in [2.24, 2.45) is 0 Å². The molecule has 0 radical (unpaired) electrons. The second-order valence-corrected chi connectivity index (χ2v) is 21.8. The predicted octanol–water partition coefficient (Wildman–Crippen LogP) is 20.0. The molecular weight excluding hydrogens is 835 g/mol. The van der Waals surface area contributed by atoms with E-state index >= 15 is 0 Å². The first-order valence-corrected chi connectivity index (χ1v) is 27.5. The van der Waals surface area contributed by atoms with E-state index in [-0.39, 0.29) is 0 Å². The first-order chi connectivity index (χ1) is 34.2. The van der Waals surface area contributed by atoms with Crippen molar-refractivity contribution >= 4 is 72.2 Å². The molecule has 4 saturated carbocycles. The van der Waals surface area contributed by atoms with Crippen molar-refractivity contribution in [1.29, 1.82) is 0 Å². The summed E-state index contributed by atoms with van der Waals surface area (Å²) >= 11 is 0. The van der Waals surface area contributed by atoms with E-state index in [1.165, 1.54) is 223 Å². The quantitative estimate of drug-likeness (QED) is 0.135. The molecule has 4 aliphatic carbocycles. The van der Waals surface area contributed by atoms with Gasteiger partial charge in [0.2, 0.25) is 0 Å². The van der Waals surface area contributed by atoms with Gasteiger partial charge in [-0.2, -0.15) is 0 Å². The van der Waals surface area contributed by atoms with Crippen LogP contribution in [0.3, 0.4) is 0 Å². The van der Waals surface area contributed by atoms with Gasteiger partial charge < -0.3 is 14.2 Å². The smallest absolute Gasteiger partial charge is 0.0622 e. The lowest BCUT2D eigenvalue weighted by Crippen LogP contribution is -2.12. The second-order valence-electron chi connectivity index (χ2n) is 21.8. The normalized spacial score (nSPS) is 18.2. The number of aromatic nitrogens is 1. The number of rotatable bonds is 10. The van der Waals surface area contributed by atoms with Crippen LogP contribution in [0.5, 0.6) is 0 Å². The first-order valence-electron chi connectivity index (χ1n) is 27.5. The zero-order valence-electron chi connectivity index (χ0n) is 40.7. The number of benzene rings is 7. The van der Waals surface area contributed by atoms with Gasteiger partial charge in [0.15, 0.2) is 0 Å². The summed E-state index contributed by atoms with van der Waals surface area (Å²) in [5, 5.41) is 5.24. The minimum atomic E-state index is 0.677. The molecule has 13 rings (SSSR count). The Morgan fingerprint density at radius 1 is 0.290 bits per heavy atom. The Bertz CT molecular complexity index is 2840. The molecule has 2 aromatic heterocycles. The van der Waals surface area contributed by atoms with Crippen LogP contribution < -0.4 is 9.80 Å². The number of nitrogens with zero attached hydrogens (tertiary/aromatic N) is 3.